The minimum atomic E-state index is -0.462. The highest BCUT2D eigenvalue weighted by Crippen LogP contribution is 2.36. The molecule has 0 atom stereocenters. The summed E-state index contributed by atoms with van der Waals surface area (Å²) in [7, 11) is 0. The van der Waals surface area contributed by atoms with E-state index in [0.29, 0.717) is 37.2 Å². The van der Waals surface area contributed by atoms with Gasteiger partial charge in [0.15, 0.2) is 10.6 Å². The van der Waals surface area contributed by atoms with E-state index in [2.05, 4.69) is 26.4 Å². The number of terminal acetylenes is 1. The molecule has 0 fully saturated rings. The maximum Gasteiger partial charge on any atom is 0.271 e. The summed E-state index contributed by atoms with van der Waals surface area (Å²) < 4.78 is 1.44. The fourth-order valence-corrected chi connectivity index (χ4v) is 4.08. The number of hydrogen-bond acceptors (Lipinski definition) is 6. The standard InChI is InChI=1S/C21H19N5O2S/c1-2-3-9-21(24-25-21)10-11-22-18(27)17-13-23-20-26(19(17)28)14-16(29-20)12-15-7-5-4-6-8-15/h1,4-8,13-14H,3,9-12H2,(H,22,27). The topological polar surface area (TPSA) is 88.2 Å². The summed E-state index contributed by atoms with van der Waals surface area (Å²) in [4.78, 5) is 31.1. The Kier molecular flexibility index (Phi) is 5.23. The van der Waals surface area contributed by atoms with Crippen molar-refractivity contribution in [2.45, 2.75) is 31.3 Å². The van der Waals surface area contributed by atoms with E-state index in [1.54, 1.807) is 6.20 Å². The fourth-order valence-electron chi connectivity index (χ4n) is 3.10. The largest absolute Gasteiger partial charge is 0.352 e. The van der Waals surface area contributed by atoms with Crippen molar-refractivity contribution in [3.8, 4) is 12.3 Å². The third kappa shape index (κ3) is 4.25. The summed E-state index contributed by atoms with van der Waals surface area (Å²) >= 11 is 1.44. The lowest BCUT2D eigenvalue weighted by molar-refractivity contribution is 0.0950. The van der Waals surface area contributed by atoms with Gasteiger partial charge in [-0.05, 0) is 5.56 Å². The summed E-state index contributed by atoms with van der Waals surface area (Å²) in [6.07, 6.45) is 10.9. The molecule has 4 rings (SSSR count). The molecule has 0 radical (unpaired) electrons. The van der Waals surface area contributed by atoms with Gasteiger partial charge in [-0.3, -0.25) is 14.0 Å². The number of benzene rings is 1. The number of aromatic nitrogens is 2. The van der Waals surface area contributed by atoms with Gasteiger partial charge in [0, 0.05) is 49.5 Å². The minimum Gasteiger partial charge on any atom is -0.352 e. The summed E-state index contributed by atoms with van der Waals surface area (Å²) in [5.41, 5.74) is 0.343. The second-order valence-corrected chi connectivity index (χ2v) is 7.98. The van der Waals surface area contributed by atoms with Crippen LogP contribution in [0.25, 0.3) is 4.96 Å². The van der Waals surface area contributed by atoms with E-state index in [0.717, 1.165) is 10.4 Å². The lowest BCUT2D eigenvalue weighted by atomic mass is 10.0. The van der Waals surface area contributed by atoms with E-state index in [-0.39, 0.29) is 11.1 Å². The lowest BCUT2D eigenvalue weighted by Gasteiger charge is -2.09. The van der Waals surface area contributed by atoms with Crippen molar-refractivity contribution in [3.05, 3.63) is 69.1 Å². The van der Waals surface area contributed by atoms with Crippen LogP contribution < -0.4 is 10.9 Å². The molecule has 1 amide bonds. The summed E-state index contributed by atoms with van der Waals surface area (Å²) in [6.45, 7) is 0.363. The molecule has 7 nitrogen and oxygen atoms in total. The quantitative estimate of drug-likeness (QED) is 0.584. The van der Waals surface area contributed by atoms with Gasteiger partial charge in [0.05, 0.1) is 0 Å². The highest BCUT2D eigenvalue weighted by Gasteiger charge is 2.38. The summed E-state index contributed by atoms with van der Waals surface area (Å²) in [6, 6.07) is 10.00. The van der Waals surface area contributed by atoms with E-state index >= 15 is 0 Å². The number of carbonyl (C=O) groups excluding carboxylic acids is 1. The lowest BCUT2D eigenvalue weighted by Crippen LogP contribution is -2.33. The van der Waals surface area contributed by atoms with E-state index < -0.39 is 11.6 Å². The normalized spacial score (nSPS) is 13.9. The molecule has 0 saturated heterocycles. The van der Waals surface area contributed by atoms with Crippen molar-refractivity contribution < 1.29 is 4.79 Å². The zero-order valence-corrected chi connectivity index (χ0v) is 16.5. The Morgan fingerprint density at radius 2 is 2.03 bits per heavy atom. The van der Waals surface area contributed by atoms with Gasteiger partial charge < -0.3 is 5.32 Å². The summed E-state index contributed by atoms with van der Waals surface area (Å²) in [5.74, 6) is 2.13. The first kappa shape index (κ1) is 19.0. The molecule has 1 N–H and O–H groups in total. The predicted octanol–water partition coefficient (Wildman–Crippen LogP) is 3.04. The van der Waals surface area contributed by atoms with Gasteiger partial charge in [-0.2, -0.15) is 10.2 Å². The molecular weight excluding hydrogens is 386 g/mol. The van der Waals surface area contributed by atoms with Crippen molar-refractivity contribution in [1.82, 2.24) is 14.7 Å². The van der Waals surface area contributed by atoms with E-state index in [9.17, 15) is 9.59 Å². The van der Waals surface area contributed by atoms with Crippen LogP contribution in [0.2, 0.25) is 0 Å². The highest BCUT2D eigenvalue weighted by atomic mass is 32.1. The number of fused-ring (bicyclic) bond motifs is 1. The van der Waals surface area contributed by atoms with Crippen LogP contribution in [-0.2, 0) is 6.42 Å². The highest BCUT2D eigenvalue weighted by molar-refractivity contribution is 7.17. The molecular formula is C21H19N5O2S. The molecule has 0 aliphatic carbocycles. The molecule has 146 valence electrons. The number of amides is 1. The number of rotatable bonds is 8. The van der Waals surface area contributed by atoms with Crippen LogP contribution in [0.3, 0.4) is 0 Å². The SMILES string of the molecule is C#CCCC1(CCNC(=O)c2cnc3sc(Cc4ccccc4)cn3c2=O)N=N1. The minimum absolute atomic E-state index is 0.0221. The molecule has 0 spiro atoms. The van der Waals surface area contributed by atoms with Crippen LogP contribution in [0.15, 0.2) is 57.7 Å². The van der Waals surface area contributed by atoms with Gasteiger partial charge in [-0.1, -0.05) is 30.3 Å². The molecule has 3 heterocycles. The second-order valence-electron chi connectivity index (χ2n) is 6.88. The molecule has 29 heavy (non-hydrogen) atoms. The number of carbonyl (C=O) groups is 1. The zero-order valence-electron chi connectivity index (χ0n) is 15.7. The molecule has 0 unspecified atom stereocenters. The smallest absolute Gasteiger partial charge is 0.271 e. The zero-order chi connectivity index (χ0) is 20.3. The van der Waals surface area contributed by atoms with Crippen molar-refractivity contribution >= 4 is 22.2 Å². The molecule has 2 aromatic heterocycles. The van der Waals surface area contributed by atoms with E-state index in [1.807, 2.05) is 30.3 Å². The number of nitrogens with one attached hydrogen (secondary N) is 1. The number of nitrogens with zero attached hydrogens (tertiary/aromatic N) is 4. The van der Waals surface area contributed by atoms with Crippen molar-refractivity contribution in [2.24, 2.45) is 10.2 Å². The third-order valence-corrected chi connectivity index (χ3v) is 5.78. The number of hydrogen-bond donors (Lipinski definition) is 1. The van der Waals surface area contributed by atoms with Crippen LogP contribution in [0.5, 0.6) is 0 Å². The summed E-state index contributed by atoms with van der Waals surface area (Å²) in [5, 5.41) is 10.8. The van der Waals surface area contributed by atoms with Crippen LogP contribution in [0.4, 0.5) is 0 Å². The molecule has 0 saturated carbocycles. The van der Waals surface area contributed by atoms with Crippen LogP contribution >= 0.6 is 11.3 Å². The van der Waals surface area contributed by atoms with Gasteiger partial charge >= 0.3 is 0 Å². The number of thiazole rings is 1. The average molecular weight is 405 g/mol. The van der Waals surface area contributed by atoms with Gasteiger partial charge in [-0.15, -0.1) is 23.7 Å². The maximum atomic E-state index is 12.8. The Labute approximate surface area is 171 Å². The first-order valence-corrected chi connectivity index (χ1v) is 10.1. The van der Waals surface area contributed by atoms with E-state index in [1.165, 1.54) is 21.9 Å². The molecule has 1 aliphatic rings. The van der Waals surface area contributed by atoms with Crippen molar-refractivity contribution in [3.63, 3.8) is 0 Å². The Hall–Kier alpha value is -3.31. The van der Waals surface area contributed by atoms with Crippen LogP contribution in [0.1, 0.15) is 40.1 Å². The second kappa shape index (κ2) is 7.97. The van der Waals surface area contributed by atoms with Gasteiger partial charge in [0.25, 0.3) is 11.5 Å². The molecule has 1 aromatic carbocycles. The molecule has 1 aliphatic heterocycles. The van der Waals surface area contributed by atoms with Gasteiger partial charge in [0.2, 0.25) is 0 Å². The van der Waals surface area contributed by atoms with Crippen LogP contribution in [-0.4, -0.2) is 27.5 Å². The van der Waals surface area contributed by atoms with Crippen molar-refractivity contribution in [2.75, 3.05) is 6.54 Å². The van der Waals surface area contributed by atoms with Gasteiger partial charge in [-0.25, -0.2) is 4.98 Å². The average Bonchev–Trinajstić information content (AvgIpc) is 3.37. The molecule has 0 bridgehead atoms. The first-order chi connectivity index (χ1) is 14.1. The van der Waals surface area contributed by atoms with Crippen molar-refractivity contribution in [1.29, 1.82) is 0 Å². The van der Waals surface area contributed by atoms with Gasteiger partial charge in [0.1, 0.15) is 5.56 Å². The Morgan fingerprint density at radius 3 is 2.76 bits per heavy atom. The third-order valence-electron chi connectivity index (χ3n) is 4.78. The van der Waals surface area contributed by atoms with Crippen LogP contribution in [0, 0.1) is 12.3 Å². The maximum absolute atomic E-state index is 12.8. The fraction of sp³-hybridized carbons (Fsp3) is 0.286. The Morgan fingerprint density at radius 1 is 1.24 bits per heavy atom. The van der Waals surface area contributed by atoms with E-state index in [4.69, 9.17) is 6.42 Å². The predicted molar refractivity (Wildman–Crippen MR) is 111 cm³/mol. The monoisotopic (exact) mass is 405 g/mol. The Balaban J connectivity index is 1.44. The first-order valence-electron chi connectivity index (χ1n) is 9.30. The Bertz CT molecular complexity index is 1170. The molecule has 8 heteroatoms. The molecule has 3 aromatic rings.